The molecule has 2 aromatic rings. The van der Waals surface area contributed by atoms with Crippen molar-refractivity contribution in [1.29, 1.82) is 0 Å². The first-order valence-electron chi connectivity index (χ1n) is 12.5. The second kappa shape index (κ2) is 12.4. The zero-order valence-electron chi connectivity index (χ0n) is 23.2. The molecule has 0 unspecified atom stereocenters. The summed E-state index contributed by atoms with van der Waals surface area (Å²) in [5.41, 5.74) is 1.77. The number of sulfonamides is 1. The third-order valence-electron chi connectivity index (χ3n) is 5.92. The van der Waals surface area contributed by atoms with Gasteiger partial charge in [0.1, 0.15) is 18.3 Å². The van der Waals surface area contributed by atoms with E-state index in [-0.39, 0.29) is 18.4 Å². The lowest BCUT2D eigenvalue weighted by atomic mass is 10.0. The number of methoxy groups -OCH3 is 1. The Morgan fingerprint density at radius 3 is 2.00 bits per heavy atom. The van der Waals surface area contributed by atoms with Crippen LogP contribution in [0.3, 0.4) is 0 Å². The SMILES string of the molecule is CC[C@H](C(=O)NC(C)(C)C)N(Cc1ccc(OC)cc1)C(=O)CN(c1ccc(C(C)C)cc1)S(C)(=O)=O. The van der Waals surface area contributed by atoms with Gasteiger partial charge in [0.05, 0.1) is 19.1 Å². The highest BCUT2D eigenvalue weighted by Gasteiger charge is 2.33. The van der Waals surface area contributed by atoms with E-state index in [1.54, 1.807) is 31.4 Å². The minimum absolute atomic E-state index is 0.142. The van der Waals surface area contributed by atoms with Crippen LogP contribution in [-0.4, -0.2) is 56.6 Å². The van der Waals surface area contributed by atoms with E-state index in [0.717, 1.165) is 21.7 Å². The summed E-state index contributed by atoms with van der Waals surface area (Å²) in [7, 11) is -2.20. The summed E-state index contributed by atoms with van der Waals surface area (Å²) < 4.78 is 31.8. The fourth-order valence-electron chi connectivity index (χ4n) is 3.94. The molecule has 0 aliphatic rings. The summed E-state index contributed by atoms with van der Waals surface area (Å²) in [6.07, 6.45) is 1.44. The number of carbonyl (C=O) groups excluding carboxylic acids is 2. The number of anilines is 1. The van der Waals surface area contributed by atoms with E-state index in [1.807, 2.05) is 52.0 Å². The number of amides is 2. The number of rotatable bonds is 11. The van der Waals surface area contributed by atoms with E-state index in [9.17, 15) is 18.0 Å². The van der Waals surface area contributed by atoms with E-state index in [1.165, 1.54) is 4.90 Å². The van der Waals surface area contributed by atoms with Crippen molar-refractivity contribution < 1.29 is 22.7 Å². The number of benzene rings is 2. The highest BCUT2D eigenvalue weighted by atomic mass is 32.2. The largest absolute Gasteiger partial charge is 0.497 e. The number of hydrogen-bond donors (Lipinski definition) is 1. The van der Waals surface area contributed by atoms with Crippen LogP contribution in [0, 0.1) is 0 Å². The third kappa shape index (κ3) is 8.77. The third-order valence-corrected chi connectivity index (χ3v) is 7.06. The smallest absolute Gasteiger partial charge is 0.244 e. The maximum absolute atomic E-state index is 13.8. The minimum atomic E-state index is -3.77. The summed E-state index contributed by atoms with van der Waals surface area (Å²) in [6, 6.07) is 13.6. The van der Waals surface area contributed by atoms with E-state index in [2.05, 4.69) is 19.2 Å². The number of ether oxygens (including phenoxy) is 1. The number of nitrogens with one attached hydrogen (secondary N) is 1. The molecular formula is C28H41N3O5S. The predicted octanol–water partition coefficient (Wildman–Crippen LogP) is 4.31. The monoisotopic (exact) mass is 531 g/mol. The van der Waals surface area contributed by atoms with E-state index < -0.39 is 34.1 Å². The Labute approximate surface area is 222 Å². The molecule has 0 aromatic heterocycles. The van der Waals surface area contributed by atoms with Crippen molar-refractivity contribution in [3.05, 3.63) is 59.7 Å². The molecule has 8 nitrogen and oxygen atoms in total. The molecule has 0 heterocycles. The molecular weight excluding hydrogens is 490 g/mol. The molecule has 0 radical (unpaired) electrons. The molecule has 0 saturated heterocycles. The van der Waals surface area contributed by atoms with Gasteiger partial charge in [-0.05, 0) is 68.5 Å². The van der Waals surface area contributed by atoms with Crippen LogP contribution in [0.2, 0.25) is 0 Å². The molecule has 37 heavy (non-hydrogen) atoms. The molecule has 0 saturated carbocycles. The molecule has 0 bridgehead atoms. The molecule has 2 rings (SSSR count). The van der Waals surface area contributed by atoms with Gasteiger partial charge in [-0.25, -0.2) is 8.42 Å². The minimum Gasteiger partial charge on any atom is -0.497 e. The van der Waals surface area contributed by atoms with E-state index >= 15 is 0 Å². The molecule has 1 atom stereocenters. The van der Waals surface area contributed by atoms with Crippen molar-refractivity contribution in [2.24, 2.45) is 0 Å². The summed E-state index contributed by atoms with van der Waals surface area (Å²) in [6.45, 7) is 11.3. The Kier molecular flexibility index (Phi) is 10.1. The second-order valence-corrected chi connectivity index (χ2v) is 12.5. The Balaban J connectivity index is 2.45. The van der Waals surface area contributed by atoms with Gasteiger partial charge in [0.25, 0.3) is 0 Å². The van der Waals surface area contributed by atoms with Gasteiger partial charge in [0, 0.05) is 12.1 Å². The van der Waals surface area contributed by atoms with Crippen molar-refractivity contribution in [2.75, 3.05) is 24.2 Å². The molecule has 204 valence electrons. The lowest BCUT2D eigenvalue weighted by Crippen LogP contribution is -2.55. The maximum atomic E-state index is 13.8. The molecule has 0 aliphatic heterocycles. The van der Waals surface area contributed by atoms with Crippen LogP contribution in [-0.2, 0) is 26.2 Å². The molecule has 2 amide bonds. The molecule has 2 aromatic carbocycles. The van der Waals surface area contributed by atoms with Crippen LogP contribution < -0.4 is 14.4 Å². The van der Waals surface area contributed by atoms with Crippen LogP contribution in [0.1, 0.15) is 65.0 Å². The normalized spacial score (nSPS) is 12.7. The molecule has 1 N–H and O–H groups in total. The molecule has 0 spiro atoms. The highest BCUT2D eigenvalue weighted by Crippen LogP contribution is 2.23. The van der Waals surface area contributed by atoms with Crippen molar-refractivity contribution >= 4 is 27.5 Å². The van der Waals surface area contributed by atoms with Gasteiger partial charge in [-0.15, -0.1) is 0 Å². The summed E-state index contributed by atoms with van der Waals surface area (Å²) in [4.78, 5) is 28.4. The number of hydrogen-bond acceptors (Lipinski definition) is 5. The second-order valence-electron chi connectivity index (χ2n) is 10.5. The summed E-state index contributed by atoms with van der Waals surface area (Å²) >= 11 is 0. The highest BCUT2D eigenvalue weighted by molar-refractivity contribution is 7.92. The van der Waals surface area contributed by atoms with Gasteiger partial charge in [0.2, 0.25) is 21.8 Å². The maximum Gasteiger partial charge on any atom is 0.244 e. The average Bonchev–Trinajstić information content (AvgIpc) is 2.80. The van der Waals surface area contributed by atoms with Gasteiger partial charge < -0.3 is 15.0 Å². The Bertz CT molecular complexity index is 1150. The summed E-state index contributed by atoms with van der Waals surface area (Å²) in [5.74, 6) is 0.204. The van der Waals surface area contributed by atoms with Crippen LogP contribution in [0.4, 0.5) is 5.69 Å². The first-order valence-corrected chi connectivity index (χ1v) is 14.3. The standard InChI is InChI=1S/C28H41N3O5S/c1-9-25(27(33)29-28(4,5)6)30(18-21-10-16-24(36-7)17-11-21)26(32)19-31(37(8,34)35)23-14-12-22(13-15-23)20(2)3/h10-17,20,25H,9,18-19H2,1-8H3,(H,29,33)/t25-/m1/s1. The zero-order chi connectivity index (χ0) is 28.0. The van der Waals surface area contributed by atoms with Crippen molar-refractivity contribution in [3.8, 4) is 5.75 Å². The number of carbonyl (C=O) groups is 2. The lowest BCUT2D eigenvalue weighted by molar-refractivity contribution is -0.141. The first-order chi connectivity index (χ1) is 17.2. The van der Waals surface area contributed by atoms with E-state index in [0.29, 0.717) is 17.9 Å². The van der Waals surface area contributed by atoms with E-state index in [4.69, 9.17) is 4.74 Å². The van der Waals surface area contributed by atoms with Crippen LogP contribution in [0.5, 0.6) is 5.75 Å². The van der Waals surface area contributed by atoms with Gasteiger partial charge in [-0.1, -0.05) is 45.0 Å². The Morgan fingerprint density at radius 1 is 1.00 bits per heavy atom. The number of nitrogens with zero attached hydrogens (tertiary/aromatic N) is 2. The van der Waals surface area contributed by atoms with Crippen molar-refractivity contribution in [3.63, 3.8) is 0 Å². The topological polar surface area (TPSA) is 96.0 Å². The van der Waals surface area contributed by atoms with Gasteiger partial charge in [-0.2, -0.15) is 0 Å². The first kappa shape index (κ1) is 30.2. The summed E-state index contributed by atoms with van der Waals surface area (Å²) in [5, 5.41) is 2.96. The fraction of sp³-hybridized carbons (Fsp3) is 0.500. The van der Waals surface area contributed by atoms with Crippen molar-refractivity contribution in [1.82, 2.24) is 10.2 Å². The molecule has 0 fully saturated rings. The van der Waals surface area contributed by atoms with Crippen molar-refractivity contribution in [2.45, 2.75) is 72.0 Å². The Hall–Kier alpha value is -3.07. The van der Waals surface area contributed by atoms with Crippen LogP contribution in [0.25, 0.3) is 0 Å². The molecule has 0 aliphatic carbocycles. The predicted molar refractivity (Wildman–Crippen MR) is 148 cm³/mol. The lowest BCUT2D eigenvalue weighted by Gasteiger charge is -2.34. The quantitative estimate of drug-likeness (QED) is 0.466. The zero-order valence-corrected chi connectivity index (χ0v) is 24.1. The Morgan fingerprint density at radius 2 is 1.57 bits per heavy atom. The van der Waals surface area contributed by atoms with Gasteiger partial charge >= 0.3 is 0 Å². The van der Waals surface area contributed by atoms with Gasteiger partial charge in [0.15, 0.2) is 0 Å². The van der Waals surface area contributed by atoms with Crippen LogP contribution >= 0.6 is 0 Å². The average molecular weight is 532 g/mol. The fourth-order valence-corrected chi connectivity index (χ4v) is 4.79. The van der Waals surface area contributed by atoms with Gasteiger partial charge in [-0.3, -0.25) is 13.9 Å². The molecule has 9 heteroatoms. The van der Waals surface area contributed by atoms with Crippen LogP contribution in [0.15, 0.2) is 48.5 Å².